The second-order valence-electron chi connectivity index (χ2n) is 14.2. The number of pyridine rings is 1. The van der Waals surface area contributed by atoms with Gasteiger partial charge >= 0.3 is 5.69 Å². The largest absolute Gasteiger partial charge is 0.388 e. The molecular formula is C43H43N9O2. The van der Waals surface area contributed by atoms with Crippen LogP contribution in [0, 0.1) is 26.2 Å². The Hall–Kier alpha value is -6.49. The summed E-state index contributed by atoms with van der Waals surface area (Å²) in [4.78, 5) is 38.6. The normalized spacial score (nSPS) is 14.0. The van der Waals surface area contributed by atoms with Crippen LogP contribution in [0.15, 0.2) is 90.1 Å². The fourth-order valence-electron chi connectivity index (χ4n) is 7.90. The second-order valence-corrected chi connectivity index (χ2v) is 14.2. The highest BCUT2D eigenvalue weighted by molar-refractivity contribution is 5.99. The molecule has 1 atom stereocenters. The van der Waals surface area contributed by atoms with E-state index in [-0.39, 0.29) is 24.2 Å². The van der Waals surface area contributed by atoms with Crippen molar-refractivity contribution in [1.82, 2.24) is 33.8 Å². The van der Waals surface area contributed by atoms with E-state index < -0.39 is 0 Å². The van der Waals surface area contributed by atoms with Crippen LogP contribution in [0.4, 0.5) is 5.69 Å². The van der Waals surface area contributed by atoms with Crippen LogP contribution in [0.2, 0.25) is 0 Å². The maximum absolute atomic E-state index is 14.4. The standard InChI is InChI=1S/C43H43N9O2/c1-7-36-28(5)34(12-13-46-36)29-8-10-38-30(20-29)22-40(47-38)42(53)51-24-35-39(19-27(51)4)48-52(33-17-25(2)16-26(3)18-33)41(35)50-15-14-49(43(50)54)32-9-11-37(45-6)31(21-32)23-44/h8-18,20-23,27,44-45,47H,7,19,24H2,1-6H3/t27-/m0/s1. The van der Waals surface area contributed by atoms with Crippen LogP contribution < -0.4 is 11.0 Å². The smallest absolute Gasteiger partial charge is 0.338 e. The summed E-state index contributed by atoms with van der Waals surface area (Å²) in [6.07, 6.45) is 8.01. The molecule has 7 aromatic rings. The third kappa shape index (κ3) is 5.82. The Bertz CT molecular complexity index is 2650. The first kappa shape index (κ1) is 34.6. The SMILES string of the molecule is CCc1nccc(-c2ccc3[nH]c(C(=O)N4Cc5c(nn(-c6cc(C)cc(C)c6)c5-n5ccn(-c6ccc(NC)c(C=N)c6)c5=O)C[C@@H]4C)cc3c2)c1C. The molecule has 4 aromatic heterocycles. The Morgan fingerprint density at radius 2 is 1.76 bits per heavy atom. The molecule has 0 saturated heterocycles. The number of aromatic nitrogens is 6. The summed E-state index contributed by atoms with van der Waals surface area (Å²) in [7, 11) is 1.80. The number of rotatable bonds is 8. The number of fused-ring (bicyclic) bond motifs is 2. The maximum atomic E-state index is 14.4. The molecule has 1 aliphatic heterocycles. The van der Waals surface area contributed by atoms with Crippen LogP contribution in [0.3, 0.4) is 0 Å². The Balaban J connectivity index is 1.20. The van der Waals surface area contributed by atoms with Crippen LogP contribution in [0.5, 0.6) is 0 Å². The van der Waals surface area contributed by atoms with Crippen LogP contribution >= 0.6 is 0 Å². The van der Waals surface area contributed by atoms with Crippen molar-refractivity contribution in [3.8, 4) is 28.3 Å². The highest BCUT2D eigenvalue weighted by Crippen LogP contribution is 2.33. The lowest BCUT2D eigenvalue weighted by molar-refractivity contribution is 0.0652. The zero-order valence-corrected chi connectivity index (χ0v) is 31.4. The van der Waals surface area contributed by atoms with Crippen LogP contribution in [0.1, 0.15) is 63.5 Å². The number of anilines is 1. The summed E-state index contributed by atoms with van der Waals surface area (Å²) in [5.41, 5.74) is 12.4. The van der Waals surface area contributed by atoms with E-state index in [1.165, 1.54) is 11.8 Å². The fraction of sp³-hybridized carbons (Fsp3) is 0.233. The second kappa shape index (κ2) is 13.5. The highest BCUT2D eigenvalue weighted by Gasteiger charge is 2.34. The molecule has 3 N–H and O–H groups in total. The molecule has 0 aliphatic carbocycles. The maximum Gasteiger partial charge on any atom is 0.338 e. The highest BCUT2D eigenvalue weighted by atomic mass is 16.2. The fourth-order valence-corrected chi connectivity index (χ4v) is 7.90. The van der Waals surface area contributed by atoms with Gasteiger partial charge in [0.2, 0.25) is 0 Å². The predicted molar refractivity (Wildman–Crippen MR) is 214 cm³/mol. The van der Waals surface area contributed by atoms with Crippen molar-refractivity contribution in [1.29, 1.82) is 5.41 Å². The minimum Gasteiger partial charge on any atom is -0.388 e. The molecule has 0 saturated carbocycles. The molecule has 1 aliphatic rings. The number of nitrogens with zero attached hydrogens (tertiary/aromatic N) is 6. The van der Waals surface area contributed by atoms with Gasteiger partial charge in [-0.1, -0.05) is 19.1 Å². The third-order valence-electron chi connectivity index (χ3n) is 10.6. The molecule has 0 radical (unpaired) electrons. The number of imidazole rings is 1. The van der Waals surface area contributed by atoms with E-state index in [1.54, 1.807) is 28.6 Å². The summed E-state index contributed by atoms with van der Waals surface area (Å²) >= 11 is 0. The van der Waals surface area contributed by atoms with E-state index in [4.69, 9.17) is 10.5 Å². The first-order valence-electron chi connectivity index (χ1n) is 18.3. The van der Waals surface area contributed by atoms with Gasteiger partial charge in [-0.3, -0.25) is 18.9 Å². The number of nitrogens with one attached hydrogen (secondary N) is 3. The summed E-state index contributed by atoms with van der Waals surface area (Å²) < 4.78 is 5.04. The summed E-state index contributed by atoms with van der Waals surface area (Å²) in [5, 5.41) is 17.1. The number of hydrogen-bond donors (Lipinski definition) is 3. The van der Waals surface area contributed by atoms with Crippen LogP contribution in [-0.2, 0) is 19.4 Å². The quantitative estimate of drug-likeness (QED) is 0.141. The molecule has 54 heavy (non-hydrogen) atoms. The van der Waals surface area contributed by atoms with E-state index in [0.29, 0.717) is 29.2 Å². The minimum atomic E-state index is -0.283. The zero-order valence-electron chi connectivity index (χ0n) is 31.4. The van der Waals surface area contributed by atoms with E-state index in [9.17, 15) is 9.59 Å². The van der Waals surface area contributed by atoms with Gasteiger partial charge in [0, 0.05) is 77.7 Å². The van der Waals surface area contributed by atoms with E-state index in [1.807, 2.05) is 72.9 Å². The van der Waals surface area contributed by atoms with Crippen molar-refractivity contribution in [2.45, 2.75) is 60.0 Å². The Labute approximate surface area is 313 Å². The number of aryl methyl sites for hydroxylation is 3. The van der Waals surface area contributed by atoms with Crippen LogP contribution in [0.25, 0.3) is 39.2 Å². The van der Waals surface area contributed by atoms with E-state index in [2.05, 4.69) is 59.5 Å². The molecule has 3 aromatic carbocycles. The van der Waals surface area contributed by atoms with Crippen molar-refractivity contribution >= 4 is 28.7 Å². The van der Waals surface area contributed by atoms with Gasteiger partial charge in [0.15, 0.2) is 0 Å². The Morgan fingerprint density at radius 3 is 2.50 bits per heavy atom. The number of amides is 1. The lowest BCUT2D eigenvalue weighted by Gasteiger charge is -2.32. The minimum absolute atomic E-state index is 0.113. The number of aromatic amines is 1. The molecule has 11 heteroatoms. The lowest BCUT2D eigenvalue weighted by Crippen LogP contribution is -2.43. The number of carbonyl (C=O) groups is 1. The molecule has 272 valence electrons. The third-order valence-corrected chi connectivity index (χ3v) is 10.6. The van der Waals surface area contributed by atoms with Gasteiger partial charge in [0.25, 0.3) is 5.91 Å². The Kier molecular flexibility index (Phi) is 8.64. The van der Waals surface area contributed by atoms with Crippen molar-refractivity contribution in [3.63, 3.8) is 0 Å². The van der Waals surface area contributed by atoms with E-state index in [0.717, 1.165) is 67.9 Å². The number of hydrogen-bond acceptors (Lipinski definition) is 6. The number of benzene rings is 3. The van der Waals surface area contributed by atoms with Gasteiger partial charge < -0.3 is 20.6 Å². The number of H-pyrrole nitrogens is 1. The van der Waals surface area contributed by atoms with Crippen molar-refractivity contribution in [2.24, 2.45) is 0 Å². The summed E-state index contributed by atoms with van der Waals surface area (Å²) in [6.45, 7) is 10.6. The van der Waals surface area contributed by atoms with Gasteiger partial charge in [0.05, 0.1) is 23.6 Å². The van der Waals surface area contributed by atoms with Gasteiger partial charge in [0.1, 0.15) is 11.5 Å². The monoisotopic (exact) mass is 717 g/mol. The molecule has 1 amide bonds. The molecule has 0 unspecified atom stereocenters. The average molecular weight is 718 g/mol. The molecule has 0 bridgehead atoms. The molecule has 8 rings (SSSR count). The molecular weight excluding hydrogens is 675 g/mol. The van der Waals surface area contributed by atoms with Crippen molar-refractivity contribution in [2.75, 3.05) is 12.4 Å². The first-order chi connectivity index (χ1) is 26.1. The first-order valence-corrected chi connectivity index (χ1v) is 18.3. The van der Waals surface area contributed by atoms with Gasteiger partial charge in [-0.2, -0.15) is 5.10 Å². The van der Waals surface area contributed by atoms with Gasteiger partial charge in [-0.05, 0) is 117 Å². The van der Waals surface area contributed by atoms with Crippen molar-refractivity contribution < 1.29 is 4.79 Å². The Morgan fingerprint density at radius 1 is 0.981 bits per heavy atom. The molecule has 11 nitrogen and oxygen atoms in total. The topological polar surface area (TPSA) is 130 Å². The summed E-state index contributed by atoms with van der Waals surface area (Å²) in [6, 6.07) is 21.8. The predicted octanol–water partition coefficient (Wildman–Crippen LogP) is 7.47. The summed E-state index contributed by atoms with van der Waals surface area (Å²) in [5.74, 6) is 0.487. The lowest BCUT2D eigenvalue weighted by atomic mass is 9.98. The van der Waals surface area contributed by atoms with E-state index >= 15 is 0 Å². The number of carbonyl (C=O) groups excluding carboxylic acids is 1. The van der Waals surface area contributed by atoms with Gasteiger partial charge in [-0.25, -0.2) is 9.48 Å². The van der Waals surface area contributed by atoms with Crippen LogP contribution in [-0.4, -0.2) is 59.0 Å². The zero-order chi connectivity index (χ0) is 37.8. The molecule has 0 spiro atoms. The average Bonchev–Trinajstić information content (AvgIpc) is 3.87. The molecule has 5 heterocycles. The molecule has 0 fully saturated rings. The van der Waals surface area contributed by atoms with Gasteiger partial charge in [-0.15, -0.1) is 0 Å². The van der Waals surface area contributed by atoms with Crippen molar-refractivity contribution in [3.05, 3.63) is 141 Å².